The van der Waals surface area contributed by atoms with Crippen molar-refractivity contribution in [3.63, 3.8) is 0 Å². The molecule has 0 saturated heterocycles. The number of esters is 1. The standard InChI is InChI=1S/C10H8F3O2/c1-6-3-8(10(11,12)13)5-9(4-6)15-7(2)14/h3-5H,1H2,2H3. The summed E-state index contributed by atoms with van der Waals surface area (Å²) in [6.45, 7) is 4.49. The summed E-state index contributed by atoms with van der Waals surface area (Å²) in [6, 6.07) is 2.90. The highest BCUT2D eigenvalue weighted by Crippen LogP contribution is 2.32. The Balaban J connectivity index is 3.11. The van der Waals surface area contributed by atoms with Crippen molar-refractivity contribution < 1.29 is 22.7 Å². The molecule has 1 rings (SSSR count). The number of carbonyl (C=O) groups excluding carboxylic acids is 1. The van der Waals surface area contributed by atoms with Gasteiger partial charge in [0.2, 0.25) is 0 Å². The summed E-state index contributed by atoms with van der Waals surface area (Å²) in [7, 11) is 0. The van der Waals surface area contributed by atoms with Gasteiger partial charge in [0.25, 0.3) is 0 Å². The highest BCUT2D eigenvalue weighted by atomic mass is 19.4. The van der Waals surface area contributed by atoms with Crippen LogP contribution in [0.3, 0.4) is 0 Å². The molecule has 0 N–H and O–H groups in total. The number of hydrogen-bond donors (Lipinski definition) is 0. The lowest BCUT2D eigenvalue weighted by Crippen LogP contribution is -2.07. The van der Waals surface area contributed by atoms with Gasteiger partial charge in [-0.3, -0.25) is 4.79 Å². The maximum absolute atomic E-state index is 12.3. The maximum Gasteiger partial charge on any atom is 0.416 e. The third-order valence-electron chi connectivity index (χ3n) is 1.56. The van der Waals surface area contributed by atoms with Gasteiger partial charge in [-0.05, 0) is 30.7 Å². The first-order valence-electron chi connectivity index (χ1n) is 4.01. The van der Waals surface area contributed by atoms with Crippen molar-refractivity contribution in [2.75, 3.05) is 0 Å². The van der Waals surface area contributed by atoms with E-state index in [1.165, 1.54) is 6.07 Å². The number of hydrogen-bond acceptors (Lipinski definition) is 2. The summed E-state index contributed by atoms with van der Waals surface area (Å²) in [5.41, 5.74) is -0.743. The van der Waals surface area contributed by atoms with E-state index < -0.39 is 17.7 Å². The summed E-state index contributed by atoms with van der Waals surface area (Å²) in [5, 5.41) is 0. The molecule has 0 spiro atoms. The number of rotatable bonds is 1. The first-order valence-corrected chi connectivity index (χ1v) is 4.01. The molecule has 0 fully saturated rings. The molecule has 15 heavy (non-hydrogen) atoms. The van der Waals surface area contributed by atoms with Crippen LogP contribution in [0.5, 0.6) is 5.75 Å². The molecule has 0 saturated carbocycles. The highest BCUT2D eigenvalue weighted by Gasteiger charge is 2.31. The minimum Gasteiger partial charge on any atom is -0.427 e. The number of alkyl halides is 3. The van der Waals surface area contributed by atoms with Gasteiger partial charge in [0.15, 0.2) is 0 Å². The van der Waals surface area contributed by atoms with E-state index in [0.717, 1.165) is 19.1 Å². The van der Waals surface area contributed by atoms with Gasteiger partial charge in [-0.15, -0.1) is 0 Å². The van der Waals surface area contributed by atoms with E-state index in [9.17, 15) is 18.0 Å². The van der Waals surface area contributed by atoms with Crippen LogP contribution in [0.4, 0.5) is 13.2 Å². The molecule has 1 radical (unpaired) electrons. The predicted molar refractivity (Wildman–Crippen MR) is 47.2 cm³/mol. The van der Waals surface area contributed by atoms with Gasteiger partial charge in [-0.1, -0.05) is 0 Å². The normalized spacial score (nSPS) is 11.3. The zero-order valence-electron chi connectivity index (χ0n) is 7.89. The average Bonchev–Trinajstić information content (AvgIpc) is 1.99. The van der Waals surface area contributed by atoms with E-state index in [4.69, 9.17) is 0 Å². The molecule has 0 unspecified atom stereocenters. The Hall–Kier alpha value is -1.52. The van der Waals surface area contributed by atoms with Crippen LogP contribution in [-0.2, 0) is 11.0 Å². The Morgan fingerprint density at radius 3 is 2.40 bits per heavy atom. The molecule has 0 atom stereocenters. The predicted octanol–water partition coefficient (Wildman–Crippen LogP) is 2.81. The van der Waals surface area contributed by atoms with Crippen LogP contribution in [0.1, 0.15) is 18.1 Å². The molecular weight excluding hydrogens is 209 g/mol. The highest BCUT2D eigenvalue weighted by molar-refractivity contribution is 5.69. The monoisotopic (exact) mass is 217 g/mol. The molecule has 0 aliphatic carbocycles. The molecule has 1 aromatic carbocycles. The summed E-state index contributed by atoms with van der Waals surface area (Å²) >= 11 is 0. The summed E-state index contributed by atoms with van der Waals surface area (Å²) in [4.78, 5) is 10.6. The van der Waals surface area contributed by atoms with Crippen LogP contribution in [0, 0.1) is 6.92 Å². The van der Waals surface area contributed by atoms with E-state index in [0.29, 0.717) is 0 Å². The molecule has 0 aliphatic heterocycles. The Morgan fingerprint density at radius 2 is 1.93 bits per heavy atom. The average molecular weight is 217 g/mol. The molecule has 5 heteroatoms. The topological polar surface area (TPSA) is 26.3 Å². The van der Waals surface area contributed by atoms with E-state index in [1.54, 1.807) is 0 Å². The second-order valence-corrected chi connectivity index (χ2v) is 2.96. The lowest BCUT2D eigenvalue weighted by Gasteiger charge is -2.09. The van der Waals surface area contributed by atoms with Gasteiger partial charge >= 0.3 is 12.1 Å². The third kappa shape index (κ3) is 3.27. The van der Waals surface area contributed by atoms with Crippen LogP contribution in [0.2, 0.25) is 0 Å². The Bertz CT molecular complexity index is 383. The van der Waals surface area contributed by atoms with E-state index >= 15 is 0 Å². The van der Waals surface area contributed by atoms with Crippen LogP contribution >= 0.6 is 0 Å². The lowest BCUT2D eigenvalue weighted by molar-refractivity contribution is -0.138. The zero-order valence-corrected chi connectivity index (χ0v) is 7.89. The van der Waals surface area contributed by atoms with Gasteiger partial charge in [0.1, 0.15) is 5.75 Å². The first-order chi connectivity index (χ1) is 6.79. The molecule has 0 aliphatic rings. The first kappa shape index (κ1) is 11.6. The van der Waals surface area contributed by atoms with E-state index in [2.05, 4.69) is 11.7 Å². The quantitative estimate of drug-likeness (QED) is 0.534. The Labute approximate surface area is 84.7 Å². The smallest absolute Gasteiger partial charge is 0.416 e. The number of carbonyl (C=O) groups is 1. The van der Waals surface area contributed by atoms with Crippen molar-refractivity contribution in [2.24, 2.45) is 0 Å². The van der Waals surface area contributed by atoms with Crippen LogP contribution in [-0.4, -0.2) is 5.97 Å². The molecule has 0 aromatic heterocycles. The van der Waals surface area contributed by atoms with Crippen LogP contribution in [0.15, 0.2) is 18.2 Å². The number of halogens is 3. The SMILES string of the molecule is [CH2]c1cc(OC(C)=O)cc(C(F)(F)F)c1. The third-order valence-corrected chi connectivity index (χ3v) is 1.56. The zero-order chi connectivity index (χ0) is 11.6. The minimum atomic E-state index is -4.47. The lowest BCUT2D eigenvalue weighted by atomic mass is 10.1. The van der Waals surface area contributed by atoms with Crippen molar-refractivity contribution in [1.82, 2.24) is 0 Å². The van der Waals surface area contributed by atoms with Gasteiger partial charge in [-0.2, -0.15) is 13.2 Å². The maximum atomic E-state index is 12.3. The fourth-order valence-electron chi connectivity index (χ4n) is 1.05. The van der Waals surface area contributed by atoms with Crippen molar-refractivity contribution in [3.05, 3.63) is 36.2 Å². The summed E-state index contributed by atoms with van der Waals surface area (Å²) < 4.78 is 41.5. The van der Waals surface area contributed by atoms with Crippen molar-refractivity contribution >= 4 is 5.97 Å². The fraction of sp³-hybridized carbons (Fsp3) is 0.200. The van der Waals surface area contributed by atoms with Gasteiger partial charge in [-0.25, -0.2) is 0 Å². The summed E-state index contributed by atoms with van der Waals surface area (Å²) in [6.07, 6.45) is -4.47. The molecule has 2 nitrogen and oxygen atoms in total. The van der Waals surface area contributed by atoms with Crippen LogP contribution < -0.4 is 4.74 Å². The molecular formula is C10H8F3O2. The Kier molecular flexibility index (Phi) is 3.02. The second-order valence-electron chi connectivity index (χ2n) is 2.96. The minimum absolute atomic E-state index is 0.140. The van der Waals surface area contributed by atoms with Crippen LogP contribution in [0.25, 0.3) is 0 Å². The van der Waals surface area contributed by atoms with E-state index in [-0.39, 0.29) is 11.3 Å². The Morgan fingerprint density at radius 1 is 1.33 bits per heavy atom. The van der Waals surface area contributed by atoms with Crippen molar-refractivity contribution in [2.45, 2.75) is 13.1 Å². The van der Waals surface area contributed by atoms with Crippen molar-refractivity contribution in [1.29, 1.82) is 0 Å². The molecule has 0 heterocycles. The second kappa shape index (κ2) is 3.92. The van der Waals surface area contributed by atoms with Gasteiger partial charge < -0.3 is 4.74 Å². The fourth-order valence-corrected chi connectivity index (χ4v) is 1.05. The van der Waals surface area contributed by atoms with Gasteiger partial charge in [0.05, 0.1) is 5.56 Å². The molecule has 81 valence electrons. The number of benzene rings is 1. The van der Waals surface area contributed by atoms with Crippen molar-refractivity contribution in [3.8, 4) is 5.75 Å². The van der Waals surface area contributed by atoms with E-state index in [1.807, 2.05) is 0 Å². The largest absolute Gasteiger partial charge is 0.427 e. The number of ether oxygens (including phenoxy) is 1. The summed E-state index contributed by atoms with van der Waals surface area (Å²) in [5.74, 6) is -0.823. The molecule has 1 aromatic rings. The molecule has 0 amide bonds. The van der Waals surface area contributed by atoms with Gasteiger partial charge in [0, 0.05) is 6.92 Å². The molecule has 0 bridgehead atoms.